The molecule has 0 fully saturated rings. The molecule has 1 aromatic heterocycles. The molecule has 0 spiro atoms. The Labute approximate surface area is 136 Å². The maximum atomic E-state index is 11.8. The smallest absolute Gasteiger partial charge is 0.359 e. The fourth-order valence-electron chi connectivity index (χ4n) is 1.61. The third-order valence-corrected chi connectivity index (χ3v) is 3.38. The van der Waals surface area contributed by atoms with Crippen LogP contribution in [0.15, 0.2) is 35.1 Å². The number of aromatic nitrogens is 2. The Kier molecular flexibility index (Phi) is 5.21. The van der Waals surface area contributed by atoms with Crippen molar-refractivity contribution in [3.05, 3.63) is 52.0 Å². The SMILES string of the molecule is Cc1ccc(NC(=O)COC(=O)c2cnc(C)cn2)c(Br)c1. The quantitative estimate of drug-likeness (QED) is 0.844. The molecule has 0 aliphatic carbocycles. The van der Waals surface area contributed by atoms with Gasteiger partial charge in [-0.25, -0.2) is 9.78 Å². The third kappa shape index (κ3) is 4.36. The Morgan fingerprint density at radius 2 is 2.00 bits per heavy atom. The van der Waals surface area contributed by atoms with E-state index in [1.54, 1.807) is 13.0 Å². The number of ether oxygens (including phenoxy) is 1. The summed E-state index contributed by atoms with van der Waals surface area (Å²) in [5.41, 5.74) is 2.43. The zero-order valence-corrected chi connectivity index (χ0v) is 13.7. The summed E-state index contributed by atoms with van der Waals surface area (Å²) in [5, 5.41) is 2.65. The highest BCUT2D eigenvalue weighted by molar-refractivity contribution is 9.10. The van der Waals surface area contributed by atoms with E-state index in [1.807, 2.05) is 19.1 Å². The van der Waals surface area contributed by atoms with E-state index in [1.165, 1.54) is 12.4 Å². The highest BCUT2D eigenvalue weighted by Crippen LogP contribution is 2.23. The van der Waals surface area contributed by atoms with Crippen LogP contribution in [-0.4, -0.2) is 28.5 Å². The van der Waals surface area contributed by atoms with Crippen molar-refractivity contribution in [1.82, 2.24) is 9.97 Å². The molecule has 0 aliphatic heterocycles. The van der Waals surface area contributed by atoms with Crippen molar-refractivity contribution >= 4 is 33.5 Å². The summed E-state index contributed by atoms with van der Waals surface area (Å²) in [6.45, 7) is 3.31. The van der Waals surface area contributed by atoms with Gasteiger partial charge < -0.3 is 10.1 Å². The van der Waals surface area contributed by atoms with Crippen molar-refractivity contribution < 1.29 is 14.3 Å². The highest BCUT2D eigenvalue weighted by Gasteiger charge is 2.12. The van der Waals surface area contributed by atoms with Crippen molar-refractivity contribution in [1.29, 1.82) is 0 Å². The molecular weight excluding hydrogens is 350 g/mol. The highest BCUT2D eigenvalue weighted by atomic mass is 79.9. The lowest BCUT2D eigenvalue weighted by Crippen LogP contribution is -2.21. The van der Waals surface area contributed by atoms with Crippen molar-refractivity contribution in [2.75, 3.05) is 11.9 Å². The van der Waals surface area contributed by atoms with Crippen LogP contribution in [0.2, 0.25) is 0 Å². The lowest BCUT2D eigenvalue weighted by Gasteiger charge is -2.08. The molecule has 1 aromatic carbocycles. The second-order valence-electron chi connectivity index (χ2n) is 4.65. The van der Waals surface area contributed by atoms with E-state index in [-0.39, 0.29) is 5.69 Å². The second-order valence-corrected chi connectivity index (χ2v) is 5.50. The molecule has 6 nitrogen and oxygen atoms in total. The van der Waals surface area contributed by atoms with Crippen molar-refractivity contribution in [2.24, 2.45) is 0 Å². The number of halogens is 1. The number of nitrogens with one attached hydrogen (secondary N) is 1. The van der Waals surface area contributed by atoms with Gasteiger partial charge in [0.1, 0.15) is 0 Å². The van der Waals surface area contributed by atoms with Gasteiger partial charge in [-0.1, -0.05) is 6.07 Å². The molecule has 1 heterocycles. The Bertz CT molecular complexity index is 702. The molecule has 0 unspecified atom stereocenters. The number of aryl methyl sites for hydroxylation is 2. The normalized spacial score (nSPS) is 10.1. The molecule has 0 radical (unpaired) electrons. The molecule has 7 heteroatoms. The minimum Gasteiger partial charge on any atom is -0.451 e. The van der Waals surface area contributed by atoms with Gasteiger partial charge >= 0.3 is 5.97 Å². The molecule has 0 bridgehead atoms. The Balaban J connectivity index is 1.89. The van der Waals surface area contributed by atoms with Gasteiger partial charge in [0.25, 0.3) is 5.91 Å². The van der Waals surface area contributed by atoms with E-state index in [4.69, 9.17) is 4.74 Å². The first kappa shape index (κ1) is 16.1. The van der Waals surface area contributed by atoms with Crippen LogP contribution in [0.1, 0.15) is 21.7 Å². The standard InChI is InChI=1S/C15H14BrN3O3/c1-9-3-4-12(11(16)5-9)19-14(20)8-22-15(21)13-7-17-10(2)6-18-13/h3-7H,8H2,1-2H3,(H,19,20). The monoisotopic (exact) mass is 363 g/mol. The average Bonchev–Trinajstić information content (AvgIpc) is 2.48. The van der Waals surface area contributed by atoms with E-state index in [9.17, 15) is 9.59 Å². The summed E-state index contributed by atoms with van der Waals surface area (Å²) < 4.78 is 5.66. The Morgan fingerprint density at radius 3 is 2.64 bits per heavy atom. The fourth-order valence-corrected chi connectivity index (χ4v) is 2.20. The van der Waals surface area contributed by atoms with Gasteiger partial charge in [0, 0.05) is 10.7 Å². The molecule has 0 saturated heterocycles. The summed E-state index contributed by atoms with van der Waals surface area (Å²) in [6.07, 6.45) is 2.77. The summed E-state index contributed by atoms with van der Waals surface area (Å²) >= 11 is 3.36. The number of hydrogen-bond donors (Lipinski definition) is 1. The van der Waals surface area contributed by atoms with Crippen LogP contribution in [0, 0.1) is 13.8 Å². The average molecular weight is 364 g/mol. The number of nitrogens with zero attached hydrogens (tertiary/aromatic N) is 2. The predicted octanol–water partition coefficient (Wildman–Crippen LogP) is 2.65. The van der Waals surface area contributed by atoms with E-state index >= 15 is 0 Å². The molecule has 22 heavy (non-hydrogen) atoms. The number of amides is 1. The van der Waals surface area contributed by atoms with Gasteiger partial charge in [0.05, 0.1) is 17.6 Å². The molecule has 2 rings (SSSR count). The number of benzene rings is 1. The molecule has 114 valence electrons. The topological polar surface area (TPSA) is 81.2 Å². The van der Waals surface area contributed by atoms with Crippen molar-refractivity contribution in [2.45, 2.75) is 13.8 Å². The van der Waals surface area contributed by atoms with Crippen molar-refractivity contribution in [3.63, 3.8) is 0 Å². The number of anilines is 1. The van der Waals surface area contributed by atoms with Crippen LogP contribution in [0.25, 0.3) is 0 Å². The largest absolute Gasteiger partial charge is 0.451 e. The van der Waals surface area contributed by atoms with E-state index < -0.39 is 18.5 Å². The second kappa shape index (κ2) is 7.13. The summed E-state index contributed by atoms with van der Waals surface area (Å²) in [7, 11) is 0. The molecule has 0 atom stereocenters. The molecular formula is C15H14BrN3O3. The van der Waals surface area contributed by atoms with E-state index in [2.05, 4.69) is 31.2 Å². The van der Waals surface area contributed by atoms with Crippen LogP contribution in [-0.2, 0) is 9.53 Å². The van der Waals surface area contributed by atoms with Crippen LogP contribution in [0.4, 0.5) is 5.69 Å². The summed E-state index contributed by atoms with van der Waals surface area (Å²) in [6, 6.07) is 5.52. The van der Waals surface area contributed by atoms with Gasteiger partial charge in [-0.15, -0.1) is 0 Å². The molecule has 1 N–H and O–H groups in total. The third-order valence-electron chi connectivity index (χ3n) is 2.72. The molecule has 2 aromatic rings. The predicted molar refractivity (Wildman–Crippen MR) is 84.6 cm³/mol. The first-order valence-corrected chi connectivity index (χ1v) is 7.27. The fraction of sp³-hybridized carbons (Fsp3) is 0.200. The summed E-state index contributed by atoms with van der Waals surface area (Å²) in [4.78, 5) is 31.3. The van der Waals surface area contributed by atoms with E-state index in [0.29, 0.717) is 11.4 Å². The van der Waals surface area contributed by atoms with Gasteiger partial charge in [0.15, 0.2) is 12.3 Å². The maximum absolute atomic E-state index is 11.8. The van der Waals surface area contributed by atoms with Crippen LogP contribution in [0.3, 0.4) is 0 Å². The minimum atomic E-state index is -0.689. The number of rotatable bonds is 4. The van der Waals surface area contributed by atoms with Gasteiger partial charge in [-0.3, -0.25) is 9.78 Å². The molecule has 0 aliphatic rings. The van der Waals surface area contributed by atoms with Gasteiger partial charge in [0.2, 0.25) is 0 Å². The first-order valence-electron chi connectivity index (χ1n) is 6.47. The van der Waals surface area contributed by atoms with Crippen LogP contribution < -0.4 is 5.32 Å². The zero-order valence-electron chi connectivity index (χ0n) is 12.1. The Hall–Kier alpha value is -2.28. The number of hydrogen-bond acceptors (Lipinski definition) is 5. The Morgan fingerprint density at radius 1 is 1.23 bits per heavy atom. The molecule has 1 amide bonds. The van der Waals surface area contributed by atoms with Crippen LogP contribution in [0.5, 0.6) is 0 Å². The van der Waals surface area contributed by atoms with Crippen LogP contribution >= 0.6 is 15.9 Å². The first-order chi connectivity index (χ1) is 10.5. The lowest BCUT2D eigenvalue weighted by atomic mass is 10.2. The van der Waals surface area contributed by atoms with E-state index in [0.717, 1.165) is 10.0 Å². The molecule has 0 saturated carbocycles. The minimum absolute atomic E-state index is 0.0647. The summed E-state index contributed by atoms with van der Waals surface area (Å²) in [5.74, 6) is -1.12. The van der Waals surface area contributed by atoms with Crippen molar-refractivity contribution in [3.8, 4) is 0 Å². The van der Waals surface area contributed by atoms with Gasteiger partial charge in [-0.2, -0.15) is 0 Å². The number of esters is 1. The zero-order chi connectivity index (χ0) is 16.1. The maximum Gasteiger partial charge on any atom is 0.359 e. The number of carbonyl (C=O) groups is 2. The lowest BCUT2D eigenvalue weighted by molar-refractivity contribution is -0.119. The van der Waals surface area contributed by atoms with Gasteiger partial charge in [-0.05, 0) is 47.5 Å². The number of carbonyl (C=O) groups excluding carboxylic acids is 2.